The molecule has 6 heteroatoms. The Bertz CT molecular complexity index is 989. The second-order valence-corrected chi connectivity index (χ2v) is 12.9. The van der Waals surface area contributed by atoms with Gasteiger partial charge in [-0.15, -0.1) is 0 Å². The monoisotopic (exact) mass is 600 g/mol. The second kappa shape index (κ2) is 20.6. The minimum Gasteiger partial charge on any atom is -0.462 e. The predicted molar refractivity (Wildman–Crippen MR) is 172 cm³/mol. The van der Waals surface area contributed by atoms with E-state index in [-0.39, 0.29) is 29.9 Å². The summed E-state index contributed by atoms with van der Waals surface area (Å²) in [4.78, 5) is 21.2. The number of unbranched alkanes of at least 4 members (excludes halogenated alkanes) is 2. The largest absolute Gasteiger partial charge is 0.462 e. The number of hydrogen-bond acceptors (Lipinski definition) is 5. The third kappa shape index (κ3) is 13.5. The highest BCUT2D eigenvalue weighted by atomic mass is 19.1. The number of ether oxygens (including phenoxy) is 2. The smallest absolute Gasteiger partial charge is 0.333 e. The number of rotatable bonds is 16. The lowest BCUT2D eigenvalue weighted by atomic mass is 9.68. The Hall–Kier alpha value is -2.31. The third-order valence-corrected chi connectivity index (χ3v) is 9.48. The van der Waals surface area contributed by atoms with E-state index in [1.54, 1.807) is 14.0 Å². The summed E-state index contributed by atoms with van der Waals surface area (Å²) in [7, 11) is 1.72. The molecule has 0 aromatic heterocycles. The molecule has 1 aromatic carbocycles. The molecule has 0 aliphatic heterocycles. The molecule has 0 radical (unpaired) electrons. The zero-order chi connectivity index (χ0) is 31.6. The summed E-state index contributed by atoms with van der Waals surface area (Å²) in [5.74, 6) is 2.98. The van der Waals surface area contributed by atoms with E-state index in [1.165, 1.54) is 76.2 Å². The lowest BCUT2D eigenvalue weighted by Crippen LogP contribution is -2.26. The fourth-order valence-corrected chi connectivity index (χ4v) is 6.73. The van der Waals surface area contributed by atoms with Gasteiger partial charge in [-0.05, 0) is 112 Å². The molecule has 3 rings (SSSR count). The van der Waals surface area contributed by atoms with Crippen LogP contribution in [0.4, 0.5) is 4.39 Å². The summed E-state index contributed by atoms with van der Waals surface area (Å²) >= 11 is 0. The van der Waals surface area contributed by atoms with Crippen LogP contribution in [-0.4, -0.2) is 44.3 Å². The molecule has 43 heavy (non-hydrogen) atoms. The average Bonchev–Trinajstić information content (AvgIpc) is 3.03. The fraction of sp³-hybridized carbons (Fsp3) is 0.676. The van der Waals surface area contributed by atoms with E-state index in [9.17, 15) is 14.0 Å². The van der Waals surface area contributed by atoms with Crippen molar-refractivity contribution in [3.8, 4) is 0 Å². The van der Waals surface area contributed by atoms with Crippen molar-refractivity contribution in [1.29, 1.82) is 0 Å². The van der Waals surface area contributed by atoms with Crippen molar-refractivity contribution in [3.05, 3.63) is 59.4 Å². The first-order valence-corrected chi connectivity index (χ1v) is 16.6. The number of aryl methyl sites for hydroxylation is 1. The van der Waals surface area contributed by atoms with Crippen molar-refractivity contribution in [2.45, 2.75) is 110 Å². The summed E-state index contributed by atoms with van der Waals surface area (Å²) in [6, 6.07) is 6.10. The van der Waals surface area contributed by atoms with Gasteiger partial charge in [-0.25, -0.2) is 9.18 Å². The van der Waals surface area contributed by atoms with Crippen LogP contribution in [0.1, 0.15) is 114 Å². The van der Waals surface area contributed by atoms with Crippen LogP contribution in [0, 0.1) is 29.5 Å². The van der Waals surface area contributed by atoms with Gasteiger partial charge in [-0.3, -0.25) is 4.79 Å². The fourth-order valence-electron chi connectivity index (χ4n) is 6.73. The van der Waals surface area contributed by atoms with Gasteiger partial charge in [-0.2, -0.15) is 0 Å². The van der Waals surface area contributed by atoms with Gasteiger partial charge in [0.1, 0.15) is 12.1 Å². The summed E-state index contributed by atoms with van der Waals surface area (Å²) in [6.45, 7) is 11.5. The molecule has 1 atom stereocenters. The molecule has 2 aliphatic carbocycles. The Balaban J connectivity index is 0.000000973. The van der Waals surface area contributed by atoms with E-state index >= 15 is 0 Å². The van der Waals surface area contributed by atoms with E-state index in [0.717, 1.165) is 42.6 Å². The summed E-state index contributed by atoms with van der Waals surface area (Å²) in [5.41, 5.74) is 2.78. The van der Waals surface area contributed by atoms with Gasteiger partial charge in [0.15, 0.2) is 0 Å². The van der Waals surface area contributed by atoms with Crippen LogP contribution in [-0.2, 0) is 25.5 Å². The van der Waals surface area contributed by atoms with Crippen LogP contribution in [0.3, 0.4) is 0 Å². The Morgan fingerprint density at radius 2 is 1.70 bits per heavy atom. The number of methoxy groups -OCH3 is 1. The maximum atomic E-state index is 14.7. The molecule has 242 valence electrons. The number of aldehydes is 1. The van der Waals surface area contributed by atoms with Gasteiger partial charge in [0.25, 0.3) is 0 Å². The summed E-state index contributed by atoms with van der Waals surface area (Å²) in [5, 5.41) is 8.00. The topological polar surface area (TPSA) is 72.8 Å². The number of carbonyl (C=O) groups is 2. The molecule has 0 heterocycles. The van der Waals surface area contributed by atoms with Crippen LogP contribution >= 0.6 is 0 Å². The summed E-state index contributed by atoms with van der Waals surface area (Å²) < 4.78 is 25.4. The van der Waals surface area contributed by atoms with Gasteiger partial charge in [0.05, 0.1) is 19.8 Å². The highest BCUT2D eigenvalue weighted by Gasteiger charge is 2.31. The van der Waals surface area contributed by atoms with Crippen molar-refractivity contribution in [3.63, 3.8) is 0 Å². The number of aliphatic hydroxyl groups excluding tert-OH is 1. The zero-order valence-corrected chi connectivity index (χ0v) is 27.1. The number of benzene rings is 1. The van der Waals surface area contributed by atoms with Crippen molar-refractivity contribution < 1.29 is 28.6 Å². The predicted octanol–water partition coefficient (Wildman–Crippen LogP) is 8.53. The first-order valence-electron chi connectivity index (χ1n) is 16.6. The molecular formula is C37H57FO5. The van der Waals surface area contributed by atoms with Gasteiger partial charge in [0, 0.05) is 24.2 Å². The van der Waals surface area contributed by atoms with Crippen LogP contribution in [0.5, 0.6) is 0 Å². The summed E-state index contributed by atoms with van der Waals surface area (Å²) in [6.07, 6.45) is 17.4. The second-order valence-electron chi connectivity index (χ2n) is 12.9. The van der Waals surface area contributed by atoms with Crippen molar-refractivity contribution in [2.75, 3.05) is 26.9 Å². The molecular weight excluding hydrogens is 543 g/mol. The first kappa shape index (κ1) is 36.9. The molecule has 5 nitrogen and oxygen atoms in total. The average molecular weight is 601 g/mol. The Morgan fingerprint density at radius 1 is 1.05 bits per heavy atom. The molecule has 2 fully saturated rings. The molecule has 0 amide bonds. The normalized spacial score (nSPS) is 22.5. The molecule has 1 unspecified atom stereocenters. The maximum Gasteiger partial charge on any atom is 0.333 e. The molecule has 2 aliphatic rings. The van der Waals surface area contributed by atoms with Gasteiger partial charge >= 0.3 is 5.97 Å². The van der Waals surface area contributed by atoms with Gasteiger partial charge < -0.3 is 14.6 Å². The Labute approximate surface area is 260 Å². The molecule has 0 saturated heterocycles. The minimum atomic E-state index is -0.305. The Kier molecular flexibility index (Phi) is 17.7. The molecule has 2 saturated carbocycles. The number of esters is 1. The zero-order valence-electron chi connectivity index (χ0n) is 27.1. The number of carbonyl (C=O) groups excluding carboxylic acids is 2. The lowest BCUT2D eigenvalue weighted by Gasteiger charge is -2.38. The molecule has 1 aromatic rings. The van der Waals surface area contributed by atoms with Crippen molar-refractivity contribution >= 4 is 12.3 Å². The lowest BCUT2D eigenvalue weighted by molar-refractivity contribution is -0.141. The van der Waals surface area contributed by atoms with E-state index in [0.29, 0.717) is 31.0 Å². The third-order valence-electron chi connectivity index (χ3n) is 9.48. The van der Waals surface area contributed by atoms with Crippen LogP contribution < -0.4 is 0 Å². The van der Waals surface area contributed by atoms with Gasteiger partial charge in [-0.1, -0.05) is 57.9 Å². The van der Waals surface area contributed by atoms with E-state index in [2.05, 4.69) is 32.2 Å². The molecule has 1 N–H and O–H groups in total. The number of hydrogen-bond donors (Lipinski definition) is 1. The van der Waals surface area contributed by atoms with Crippen molar-refractivity contribution in [2.24, 2.45) is 23.7 Å². The Morgan fingerprint density at radius 3 is 2.21 bits per heavy atom. The standard InChI is InChI=1S/C33H51FO3.C4H6O2/c1-5-6-7-8-30-19-20-31(21-32(30)34)29-17-15-28(16-18-29)27-13-11-25(12-14-27)9-10-26(22-36-4)23-37-33(35)24(2)3;1-4(2-5)3-6/h19-21,25-29H,2,5-18,22-23H2,1,3-4H3;2,6H,1,3H2. The first-order chi connectivity index (χ1) is 20.7. The van der Waals surface area contributed by atoms with Crippen LogP contribution in [0.15, 0.2) is 42.5 Å². The SMILES string of the molecule is C=C(C)C(=O)OCC(CCC1CCC(C2CCC(c3ccc(CCCCC)c(F)c3)CC2)CC1)COC.C=C(C=O)CO. The van der Waals surface area contributed by atoms with E-state index in [4.69, 9.17) is 14.6 Å². The highest BCUT2D eigenvalue weighted by molar-refractivity contribution is 5.86. The maximum absolute atomic E-state index is 14.7. The van der Waals surface area contributed by atoms with Crippen LogP contribution in [0.25, 0.3) is 0 Å². The number of halogens is 1. The quantitative estimate of drug-likeness (QED) is 0.0891. The number of aliphatic hydroxyl groups is 1. The van der Waals surface area contributed by atoms with Crippen molar-refractivity contribution in [1.82, 2.24) is 0 Å². The van der Waals surface area contributed by atoms with E-state index < -0.39 is 0 Å². The molecule has 0 spiro atoms. The minimum absolute atomic E-state index is 0.00997. The van der Waals surface area contributed by atoms with E-state index in [1.807, 2.05) is 6.07 Å². The molecule has 0 bridgehead atoms. The van der Waals surface area contributed by atoms with Gasteiger partial charge in [0.2, 0.25) is 0 Å². The highest BCUT2D eigenvalue weighted by Crippen LogP contribution is 2.44. The van der Waals surface area contributed by atoms with Crippen LogP contribution in [0.2, 0.25) is 0 Å².